The molecule has 0 aliphatic heterocycles. The molecule has 1 heterocycles. The van der Waals surface area contributed by atoms with Crippen molar-refractivity contribution in [2.24, 2.45) is 0 Å². The first-order chi connectivity index (χ1) is 9.24. The summed E-state index contributed by atoms with van der Waals surface area (Å²) in [5.41, 5.74) is 2.78. The fourth-order valence-electron chi connectivity index (χ4n) is 2.27. The lowest BCUT2D eigenvalue weighted by molar-refractivity contribution is 0.963. The van der Waals surface area contributed by atoms with Crippen LogP contribution in [0.2, 0.25) is 0 Å². The second-order valence-corrected chi connectivity index (χ2v) is 8.40. The maximum atomic E-state index is 3.83. The first-order valence-electron chi connectivity index (χ1n) is 6.08. The van der Waals surface area contributed by atoms with Crippen LogP contribution in [0, 0.1) is 2.88 Å². The van der Waals surface area contributed by atoms with E-state index in [1.165, 1.54) is 24.8 Å². The van der Waals surface area contributed by atoms with Gasteiger partial charge in [-0.2, -0.15) is 0 Å². The Balaban J connectivity index is 1.93. The van der Waals surface area contributed by atoms with Gasteiger partial charge < -0.3 is 0 Å². The van der Waals surface area contributed by atoms with Gasteiger partial charge in [0.15, 0.2) is 0 Å². The van der Waals surface area contributed by atoms with E-state index in [-0.39, 0.29) is 0 Å². The van der Waals surface area contributed by atoms with Gasteiger partial charge in [-0.25, -0.2) is 0 Å². The van der Waals surface area contributed by atoms with E-state index in [9.17, 15) is 0 Å². The Morgan fingerprint density at radius 1 is 1.11 bits per heavy atom. The minimum atomic E-state index is 0.387. The lowest BCUT2D eigenvalue weighted by Gasteiger charge is -2.11. The number of fused-ring (bicyclic) bond motifs is 1. The summed E-state index contributed by atoms with van der Waals surface area (Å²) in [5, 5.41) is 4.92. The average Bonchev–Trinajstić information content (AvgIpc) is 2.86. The number of hydrogen-bond acceptors (Lipinski definition) is 1. The summed E-state index contributed by atoms with van der Waals surface area (Å²) in [4.78, 5) is 0.387. The highest BCUT2D eigenvalue weighted by Gasteiger charge is 2.12. The molecule has 1 aromatic heterocycles. The quantitative estimate of drug-likeness (QED) is 0.335. The molecule has 0 nitrogen and oxygen atoms in total. The lowest BCUT2D eigenvalue weighted by Crippen LogP contribution is -1.94. The normalized spacial score (nSPS) is 12.7. The molecule has 0 aliphatic rings. The largest absolute Gasteiger partial charge is 0.137 e. The van der Waals surface area contributed by atoms with E-state index in [1.807, 2.05) is 0 Å². The molecule has 0 aliphatic carbocycles. The standard InChI is InChI=1S/C16H12BrIS/c17-15(13-9-16(18)19-10-13)8-12-6-3-5-11-4-1-2-7-14(11)12/h1-7,9-10,15H,8H2. The summed E-state index contributed by atoms with van der Waals surface area (Å²) in [6.07, 6.45) is 1.02. The van der Waals surface area contributed by atoms with Crippen molar-refractivity contribution in [2.45, 2.75) is 11.2 Å². The number of rotatable bonds is 3. The van der Waals surface area contributed by atoms with Gasteiger partial charge in [0.05, 0.1) is 2.88 Å². The van der Waals surface area contributed by atoms with Gasteiger partial charge in [0.25, 0.3) is 0 Å². The van der Waals surface area contributed by atoms with Gasteiger partial charge in [0, 0.05) is 4.83 Å². The van der Waals surface area contributed by atoms with Gasteiger partial charge in [-0.05, 0) is 62.4 Å². The Morgan fingerprint density at radius 3 is 2.68 bits per heavy atom. The summed E-state index contributed by atoms with van der Waals surface area (Å²) in [5.74, 6) is 0. The molecule has 0 spiro atoms. The van der Waals surface area contributed by atoms with Crippen molar-refractivity contribution in [3.05, 3.63) is 67.9 Å². The molecular formula is C16H12BrIS. The molecule has 19 heavy (non-hydrogen) atoms. The fraction of sp³-hybridized carbons (Fsp3) is 0.125. The Bertz CT molecular complexity index is 699. The number of benzene rings is 2. The molecule has 1 atom stereocenters. The summed E-state index contributed by atoms with van der Waals surface area (Å²) < 4.78 is 1.34. The van der Waals surface area contributed by atoms with Crippen LogP contribution in [0.5, 0.6) is 0 Å². The van der Waals surface area contributed by atoms with E-state index in [4.69, 9.17) is 0 Å². The third kappa shape index (κ3) is 3.03. The second-order valence-electron chi connectivity index (χ2n) is 4.49. The number of halogens is 2. The predicted octanol–water partition coefficient (Wildman–Crippen LogP) is 6.18. The molecule has 0 saturated carbocycles. The van der Waals surface area contributed by atoms with Crippen molar-refractivity contribution in [1.29, 1.82) is 0 Å². The highest BCUT2D eigenvalue weighted by Crippen LogP contribution is 2.33. The fourth-order valence-corrected chi connectivity index (χ4v) is 4.48. The van der Waals surface area contributed by atoms with E-state index < -0.39 is 0 Å². The topological polar surface area (TPSA) is 0 Å². The predicted molar refractivity (Wildman–Crippen MR) is 96.4 cm³/mol. The van der Waals surface area contributed by atoms with Crippen molar-refractivity contribution >= 4 is 60.6 Å². The van der Waals surface area contributed by atoms with E-state index in [0.29, 0.717) is 4.83 Å². The van der Waals surface area contributed by atoms with E-state index in [1.54, 1.807) is 11.3 Å². The SMILES string of the molecule is BrC(Cc1cccc2ccccc12)c1csc(I)c1. The third-order valence-corrected chi connectivity index (χ3v) is 5.89. The van der Waals surface area contributed by atoms with Crippen molar-refractivity contribution in [3.8, 4) is 0 Å². The number of hydrogen-bond donors (Lipinski definition) is 0. The van der Waals surface area contributed by atoms with Crippen molar-refractivity contribution in [1.82, 2.24) is 0 Å². The Hall–Kier alpha value is -0.390. The van der Waals surface area contributed by atoms with Crippen LogP contribution in [0.3, 0.4) is 0 Å². The highest BCUT2D eigenvalue weighted by molar-refractivity contribution is 14.1. The molecule has 0 radical (unpaired) electrons. The van der Waals surface area contributed by atoms with Gasteiger partial charge >= 0.3 is 0 Å². The average molecular weight is 443 g/mol. The zero-order valence-corrected chi connectivity index (χ0v) is 14.7. The smallest absolute Gasteiger partial charge is 0.0656 e. The first-order valence-corrected chi connectivity index (χ1v) is 8.96. The molecule has 0 saturated heterocycles. The number of thiophene rings is 1. The van der Waals surface area contributed by atoms with Crippen LogP contribution >= 0.6 is 49.9 Å². The highest BCUT2D eigenvalue weighted by atomic mass is 127. The van der Waals surface area contributed by atoms with Crippen LogP contribution in [-0.2, 0) is 6.42 Å². The zero-order valence-electron chi connectivity index (χ0n) is 10.1. The molecule has 3 rings (SSSR count). The molecule has 0 N–H and O–H groups in total. The van der Waals surface area contributed by atoms with Crippen LogP contribution in [0.4, 0.5) is 0 Å². The lowest BCUT2D eigenvalue weighted by atomic mass is 9.99. The monoisotopic (exact) mass is 442 g/mol. The molecule has 0 amide bonds. The Morgan fingerprint density at radius 2 is 1.89 bits per heavy atom. The van der Waals surface area contributed by atoms with E-state index in [0.717, 1.165) is 6.42 Å². The van der Waals surface area contributed by atoms with Crippen LogP contribution in [0.15, 0.2) is 53.9 Å². The van der Waals surface area contributed by atoms with Crippen LogP contribution in [-0.4, -0.2) is 0 Å². The van der Waals surface area contributed by atoms with Crippen LogP contribution in [0.1, 0.15) is 16.0 Å². The molecule has 3 aromatic rings. The third-order valence-electron chi connectivity index (χ3n) is 3.23. The minimum absolute atomic E-state index is 0.387. The summed E-state index contributed by atoms with van der Waals surface area (Å²) in [6.45, 7) is 0. The molecule has 96 valence electrons. The van der Waals surface area contributed by atoms with E-state index >= 15 is 0 Å². The molecular weight excluding hydrogens is 431 g/mol. The molecule has 3 heteroatoms. The van der Waals surface area contributed by atoms with Crippen LogP contribution in [0.25, 0.3) is 10.8 Å². The van der Waals surface area contributed by atoms with Crippen molar-refractivity contribution < 1.29 is 0 Å². The number of alkyl halides is 1. The minimum Gasteiger partial charge on any atom is -0.137 e. The summed E-state index contributed by atoms with van der Waals surface area (Å²) >= 11 is 8.01. The van der Waals surface area contributed by atoms with Crippen molar-refractivity contribution in [2.75, 3.05) is 0 Å². The molecule has 2 aromatic carbocycles. The zero-order chi connectivity index (χ0) is 13.2. The summed E-state index contributed by atoms with van der Waals surface area (Å²) in [7, 11) is 0. The Kier molecular flexibility index (Phi) is 4.24. The van der Waals surface area contributed by atoms with Gasteiger partial charge in [-0.3, -0.25) is 0 Å². The van der Waals surface area contributed by atoms with Gasteiger partial charge in [0.2, 0.25) is 0 Å². The maximum Gasteiger partial charge on any atom is 0.0656 e. The molecule has 0 bridgehead atoms. The van der Waals surface area contributed by atoms with Crippen molar-refractivity contribution in [3.63, 3.8) is 0 Å². The van der Waals surface area contributed by atoms with Gasteiger partial charge in [-0.15, -0.1) is 11.3 Å². The molecule has 1 unspecified atom stereocenters. The van der Waals surface area contributed by atoms with Gasteiger partial charge in [0.1, 0.15) is 0 Å². The first kappa shape index (κ1) is 13.6. The molecule has 0 fully saturated rings. The Labute approximate surface area is 139 Å². The maximum absolute atomic E-state index is 3.83. The van der Waals surface area contributed by atoms with Crippen LogP contribution < -0.4 is 0 Å². The van der Waals surface area contributed by atoms with E-state index in [2.05, 4.69) is 92.4 Å². The van der Waals surface area contributed by atoms with Gasteiger partial charge in [-0.1, -0.05) is 58.4 Å². The second kappa shape index (κ2) is 5.94. The summed E-state index contributed by atoms with van der Waals surface area (Å²) in [6, 6.07) is 17.4.